The van der Waals surface area contributed by atoms with Gasteiger partial charge in [0.1, 0.15) is 5.75 Å². The Morgan fingerprint density at radius 1 is 0.850 bits per heavy atom. The van der Waals surface area contributed by atoms with Crippen LogP contribution in [0.25, 0.3) is 21.5 Å². The smallest absolute Gasteiger partial charge is 0.148 e. The molecule has 1 fully saturated rings. The Kier molecular flexibility index (Phi) is 2.80. The molecule has 1 aliphatic heterocycles. The van der Waals surface area contributed by atoms with Gasteiger partial charge in [0.05, 0.1) is 6.67 Å². The Hall–Kier alpha value is -2.10. The maximum Gasteiger partial charge on any atom is 0.148 e. The molecule has 1 N–H and O–H groups in total. The van der Waals surface area contributed by atoms with E-state index < -0.39 is 0 Å². The molecule has 0 atom stereocenters. The van der Waals surface area contributed by atoms with Crippen molar-refractivity contribution in [3.63, 3.8) is 0 Å². The molecule has 0 saturated carbocycles. The van der Waals surface area contributed by atoms with Crippen molar-refractivity contribution in [1.82, 2.24) is 10.4 Å². The van der Waals surface area contributed by atoms with E-state index in [4.69, 9.17) is 4.84 Å². The normalized spacial score (nSPS) is 16.0. The summed E-state index contributed by atoms with van der Waals surface area (Å²) in [5, 5.41) is 10.2. The highest BCUT2D eigenvalue weighted by molar-refractivity contribution is 5.98. The van der Waals surface area contributed by atoms with Crippen LogP contribution < -0.4 is 10.2 Å². The van der Waals surface area contributed by atoms with E-state index in [0.29, 0.717) is 0 Å². The van der Waals surface area contributed by atoms with E-state index >= 15 is 0 Å². The molecule has 0 unspecified atom stereocenters. The largest absolute Gasteiger partial charge is 0.405 e. The lowest BCUT2D eigenvalue weighted by Crippen LogP contribution is -2.25. The van der Waals surface area contributed by atoms with Crippen LogP contribution >= 0.6 is 0 Å². The molecule has 0 spiro atoms. The van der Waals surface area contributed by atoms with Crippen molar-refractivity contribution >= 4 is 21.5 Å². The van der Waals surface area contributed by atoms with Crippen LogP contribution in [-0.2, 0) is 0 Å². The van der Waals surface area contributed by atoms with Crippen molar-refractivity contribution in [1.29, 1.82) is 0 Å². The molecule has 3 nitrogen and oxygen atoms in total. The summed E-state index contributed by atoms with van der Waals surface area (Å²) < 4.78 is 0. The molecular weight excluding hydrogens is 248 g/mol. The Morgan fingerprint density at radius 2 is 1.60 bits per heavy atom. The minimum Gasteiger partial charge on any atom is -0.405 e. The molecule has 3 heteroatoms. The molecule has 1 heterocycles. The second-order valence-electron chi connectivity index (χ2n) is 5.16. The number of hydrogen-bond acceptors (Lipinski definition) is 3. The van der Waals surface area contributed by atoms with Crippen molar-refractivity contribution < 1.29 is 4.84 Å². The van der Waals surface area contributed by atoms with Gasteiger partial charge in [-0.1, -0.05) is 30.3 Å². The number of hydrogen-bond donors (Lipinski definition) is 1. The van der Waals surface area contributed by atoms with Gasteiger partial charge in [0.2, 0.25) is 0 Å². The molecular formula is C17H16N2O. The first-order valence-electron chi connectivity index (χ1n) is 6.95. The van der Waals surface area contributed by atoms with Gasteiger partial charge in [-0.2, -0.15) is 0 Å². The molecule has 0 bridgehead atoms. The van der Waals surface area contributed by atoms with Crippen LogP contribution in [0.1, 0.15) is 0 Å². The van der Waals surface area contributed by atoms with Gasteiger partial charge in [0.25, 0.3) is 0 Å². The fourth-order valence-electron chi connectivity index (χ4n) is 2.69. The SMILES string of the molecule is c1ccc2cc3cc(ON4CCNC4)ccc3cc2c1. The zero-order valence-electron chi connectivity index (χ0n) is 11.2. The fraction of sp³-hybridized carbons (Fsp3) is 0.176. The first-order chi connectivity index (χ1) is 9.88. The molecule has 3 aromatic carbocycles. The van der Waals surface area contributed by atoms with Crippen LogP contribution in [-0.4, -0.2) is 24.8 Å². The quantitative estimate of drug-likeness (QED) is 0.720. The van der Waals surface area contributed by atoms with Gasteiger partial charge >= 0.3 is 0 Å². The summed E-state index contributed by atoms with van der Waals surface area (Å²) in [6.45, 7) is 2.70. The van der Waals surface area contributed by atoms with E-state index in [-0.39, 0.29) is 0 Å². The van der Waals surface area contributed by atoms with Gasteiger partial charge in [-0.15, -0.1) is 5.06 Å². The molecule has 1 aliphatic rings. The Balaban J connectivity index is 1.75. The first-order valence-corrected chi connectivity index (χ1v) is 6.95. The van der Waals surface area contributed by atoms with E-state index in [9.17, 15) is 0 Å². The van der Waals surface area contributed by atoms with E-state index in [1.54, 1.807) is 0 Å². The predicted molar refractivity (Wildman–Crippen MR) is 81.7 cm³/mol. The van der Waals surface area contributed by atoms with E-state index in [2.05, 4.69) is 53.8 Å². The number of rotatable bonds is 2. The zero-order chi connectivity index (χ0) is 13.4. The standard InChI is InChI=1S/C17H16N2O/c1-2-4-14-10-16-11-17(20-19-8-7-18-12-19)6-5-15(16)9-13(14)3-1/h1-6,9-11,18H,7-8,12H2. The third kappa shape index (κ3) is 2.11. The van der Waals surface area contributed by atoms with Crippen LogP contribution in [0, 0.1) is 0 Å². The molecule has 20 heavy (non-hydrogen) atoms. The van der Waals surface area contributed by atoms with Gasteiger partial charge in [-0.25, -0.2) is 0 Å². The molecule has 4 rings (SSSR count). The third-order valence-electron chi connectivity index (χ3n) is 3.74. The zero-order valence-corrected chi connectivity index (χ0v) is 11.2. The summed E-state index contributed by atoms with van der Waals surface area (Å²) in [4.78, 5) is 5.87. The highest BCUT2D eigenvalue weighted by Gasteiger charge is 2.12. The van der Waals surface area contributed by atoms with Gasteiger partial charge < -0.3 is 10.2 Å². The maximum absolute atomic E-state index is 5.87. The van der Waals surface area contributed by atoms with Crippen LogP contribution in [0.4, 0.5) is 0 Å². The molecule has 0 radical (unpaired) electrons. The lowest BCUT2D eigenvalue weighted by molar-refractivity contribution is -0.0356. The van der Waals surface area contributed by atoms with Gasteiger partial charge in [-0.3, -0.25) is 0 Å². The average molecular weight is 264 g/mol. The van der Waals surface area contributed by atoms with E-state index in [1.165, 1.54) is 21.5 Å². The highest BCUT2D eigenvalue weighted by atomic mass is 16.7. The molecule has 1 saturated heterocycles. The minimum absolute atomic E-state index is 0.787. The lowest BCUT2D eigenvalue weighted by Gasteiger charge is -2.15. The maximum atomic E-state index is 5.87. The van der Waals surface area contributed by atoms with Crippen molar-refractivity contribution in [2.45, 2.75) is 0 Å². The molecule has 0 aromatic heterocycles. The van der Waals surface area contributed by atoms with Crippen molar-refractivity contribution in [3.05, 3.63) is 54.6 Å². The Bertz CT molecular complexity index is 763. The van der Waals surface area contributed by atoms with Crippen molar-refractivity contribution in [3.8, 4) is 5.75 Å². The number of benzene rings is 3. The second-order valence-corrected chi connectivity index (χ2v) is 5.16. The molecule has 0 aliphatic carbocycles. The van der Waals surface area contributed by atoms with E-state index in [1.807, 2.05) is 11.1 Å². The number of fused-ring (bicyclic) bond motifs is 2. The fourth-order valence-corrected chi connectivity index (χ4v) is 2.69. The topological polar surface area (TPSA) is 24.5 Å². The van der Waals surface area contributed by atoms with E-state index in [0.717, 1.165) is 25.5 Å². The first kappa shape index (κ1) is 11.7. The summed E-state index contributed by atoms with van der Waals surface area (Å²) in [7, 11) is 0. The van der Waals surface area contributed by atoms with Gasteiger partial charge in [0, 0.05) is 13.1 Å². The average Bonchev–Trinajstić information content (AvgIpc) is 2.98. The monoisotopic (exact) mass is 264 g/mol. The van der Waals surface area contributed by atoms with Gasteiger partial charge in [0.15, 0.2) is 0 Å². The summed E-state index contributed by atoms with van der Waals surface area (Å²) in [5.74, 6) is 0.900. The lowest BCUT2D eigenvalue weighted by atomic mass is 10.0. The molecule has 0 amide bonds. The Labute approximate surface area is 117 Å². The summed E-state index contributed by atoms with van der Waals surface area (Å²) in [6, 6.07) is 19.2. The number of nitrogens with zero attached hydrogens (tertiary/aromatic N) is 1. The summed E-state index contributed by atoms with van der Waals surface area (Å²) >= 11 is 0. The van der Waals surface area contributed by atoms with Crippen LogP contribution in [0.15, 0.2) is 54.6 Å². The highest BCUT2D eigenvalue weighted by Crippen LogP contribution is 2.26. The predicted octanol–water partition coefficient (Wildman–Crippen LogP) is 3.15. The molecule has 100 valence electrons. The summed E-state index contributed by atoms with van der Waals surface area (Å²) in [5.41, 5.74) is 0. The Morgan fingerprint density at radius 3 is 2.35 bits per heavy atom. The van der Waals surface area contributed by atoms with Gasteiger partial charge in [-0.05, 0) is 45.8 Å². The second kappa shape index (κ2) is 4.78. The van der Waals surface area contributed by atoms with Crippen LogP contribution in [0.2, 0.25) is 0 Å². The number of nitrogens with one attached hydrogen (secondary N) is 1. The van der Waals surface area contributed by atoms with Crippen molar-refractivity contribution in [2.24, 2.45) is 0 Å². The minimum atomic E-state index is 0.787. The molecule has 3 aromatic rings. The third-order valence-corrected chi connectivity index (χ3v) is 3.74. The number of hydroxylamine groups is 2. The van der Waals surface area contributed by atoms with Crippen LogP contribution in [0.5, 0.6) is 5.75 Å². The van der Waals surface area contributed by atoms with Crippen molar-refractivity contribution in [2.75, 3.05) is 19.8 Å². The summed E-state index contributed by atoms with van der Waals surface area (Å²) in [6.07, 6.45) is 0. The van der Waals surface area contributed by atoms with Crippen LogP contribution in [0.3, 0.4) is 0 Å².